The summed E-state index contributed by atoms with van der Waals surface area (Å²) in [6.45, 7) is 1.74. The van der Waals surface area contributed by atoms with Crippen molar-refractivity contribution in [1.29, 1.82) is 0 Å². The molecule has 0 amide bonds. The Morgan fingerprint density at radius 2 is 1.80 bits per heavy atom. The zero-order valence-corrected chi connectivity index (χ0v) is 9.38. The van der Waals surface area contributed by atoms with Crippen LogP contribution < -0.4 is 5.73 Å². The molecular weight excluding hydrogens is 189 g/mol. The van der Waals surface area contributed by atoms with E-state index in [0.717, 1.165) is 12.0 Å². The fourth-order valence-corrected chi connectivity index (χ4v) is 1.58. The molecule has 1 rings (SSSR count). The summed E-state index contributed by atoms with van der Waals surface area (Å²) in [5, 5.41) is 0. The standard InChI is InChI=1S/C13H20FN/c1-2-3-4-11-5-7-12(8-6-11)9-13(15)10-14/h5-8,13H,2-4,9-10,15H2,1H3. The van der Waals surface area contributed by atoms with Crippen LogP contribution in [0.25, 0.3) is 0 Å². The first-order valence-electron chi connectivity index (χ1n) is 5.65. The van der Waals surface area contributed by atoms with Crippen molar-refractivity contribution in [2.24, 2.45) is 5.73 Å². The van der Waals surface area contributed by atoms with Crippen LogP contribution in [-0.2, 0) is 12.8 Å². The van der Waals surface area contributed by atoms with Gasteiger partial charge >= 0.3 is 0 Å². The molecule has 0 aliphatic carbocycles. The van der Waals surface area contributed by atoms with Crippen molar-refractivity contribution < 1.29 is 4.39 Å². The van der Waals surface area contributed by atoms with Gasteiger partial charge in [0.25, 0.3) is 0 Å². The Labute approximate surface area is 91.5 Å². The van der Waals surface area contributed by atoms with E-state index >= 15 is 0 Å². The molecule has 0 radical (unpaired) electrons. The van der Waals surface area contributed by atoms with Crippen molar-refractivity contribution in [1.82, 2.24) is 0 Å². The van der Waals surface area contributed by atoms with Crippen LogP contribution in [-0.4, -0.2) is 12.7 Å². The minimum Gasteiger partial charge on any atom is -0.325 e. The summed E-state index contributed by atoms with van der Waals surface area (Å²) < 4.78 is 12.2. The molecule has 1 aromatic rings. The molecule has 1 nitrogen and oxygen atoms in total. The number of unbranched alkanes of at least 4 members (excludes halogenated alkanes) is 1. The topological polar surface area (TPSA) is 26.0 Å². The van der Waals surface area contributed by atoms with Gasteiger partial charge in [0, 0.05) is 6.04 Å². The summed E-state index contributed by atoms with van der Waals surface area (Å²) in [4.78, 5) is 0. The highest BCUT2D eigenvalue weighted by Gasteiger charge is 2.02. The lowest BCUT2D eigenvalue weighted by molar-refractivity contribution is 0.427. The lowest BCUT2D eigenvalue weighted by atomic mass is 10.0. The van der Waals surface area contributed by atoms with Gasteiger partial charge in [-0.05, 0) is 30.4 Å². The molecule has 0 aromatic heterocycles. The van der Waals surface area contributed by atoms with Gasteiger partial charge in [-0.3, -0.25) is 0 Å². The summed E-state index contributed by atoms with van der Waals surface area (Å²) in [6, 6.07) is 8.00. The fraction of sp³-hybridized carbons (Fsp3) is 0.538. The maximum atomic E-state index is 12.2. The molecule has 0 spiro atoms. The van der Waals surface area contributed by atoms with E-state index in [1.807, 2.05) is 0 Å². The van der Waals surface area contributed by atoms with Gasteiger partial charge in [0.05, 0.1) is 0 Å². The zero-order valence-electron chi connectivity index (χ0n) is 9.38. The van der Waals surface area contributed by atoms with Gasteiger partial charge in [0.1, 0.15) is 6.67 Å². The first kappa shape index (κ1) is 12.2. The summed E-state index contributed by atoms with van der Waals surface area (Å²) in [6.07, 6.45) is 4.20. The van der Waals surface area contributed by atoms with E-state index in [9.17, 15) is 4.39 Å². The first-order chi connectivity index (χ1) is 7.26. The predicted octanol–water partition coefficient (Wildman–Crippen LogP) is 2.87. The lowest BCUT2D eigenvalue weighted by Crippen LogP contribution is -2.24. The maximum absolute atomic E-state index is 12.2. The molecule has 0 heterocycles. The summed E-state index contributed by atoms with van der Waals surface area (Å²) in [5.74, 6) is 0. The molecule has 0 aliphatic heterocycles. The zero-order chi connectivity index (χ0) is 11.1. The van der Waals surface area contributed by atoms with Crippen molar-refractivity contribution in [2.45, 2.75) is 38.6 Å². The normalized spacial score (nSPS) is 12.7. The monoisotopic (exact) mass is 209 g/mol. The van der Waals surface area contributed by atoms with Crippen molar-refractivity contribution in [3.05, 3.63) is 35.4 Å². The molecule has 0 saturated heterocycles. The summed E-state index contributed by atoms with van der Waals surface area (Å²) in [7, 11) is 0. The molecule has 1 aromatic carbocycles. The van der Waals surface area contributed by atoms with Gasteiger partial charge in [-0.2, -0.15) is 0 Å². The van der Waals surface area contributed by atoms with Gasteiger partial charge in [0.2, 0.25) is 0 Å². The summed E-state index contributed by atoms with van der Waals surface area (Å²) in [5.41, 5.74) is 8.03. The van der Waals surface area contributed by atoms with Gasteiger partial charge in [-0.1, -0.05) is 37.6 Å². The highest BCUT2D eigenvalue weighted by molar-refractivity contribution is 5.23. The molecule has 2 N–H and O–H groups in total. The van der Waals surface area contributed by atoms with Crippen LogP contribution in [0.1, 0.15) is 30.9 Å². The number of rotatable bonds is 6. The molecule has 15 heavy (non-hydrogen) atoms. The van der Waals surface area contributed by atoms with E-state index in [1.165, 1.54) is 18.4 Å². The van der Waals surface area contributed by atoms with Crippen LogP contribution in [0, 0.1) is 0 Å². The third kappa shape index (κ3) is 4.43. The quantitative estimate of drug-likeness (QED) is 0.766. The molecule has 0 fully saturated rings. The third-order valence-corrected chi connectivity index (χ3v) is 2.54. The molecule has 1 atom stereocenters. The Hall–Kier alpha value is -0.890. The number of nitrogens with two attached hydrogens (primary N) is 1. The smallest absolute Gasteiger partial charge is 0.105 e. The number of benzene rings is 1. The van der Waals surface area contributed by atoms with Crippen molar-refractivity contribution in [2.75, 3.05) is 6.67 Å². The average molecular weight is 209 g/mol. The Morgan fingerprint density at radius 1 is 1.20 bits per heavy atom. The lowest BCUT2D eigenvalue weighted by Gasteiger charge is -2.07. The number of halogens is 1. The van der Waals surface area contributed by atoms with E-state index in [-0.39, 0.29) is 6.04 Å². The van der Waals surface area contributed by atoms with Gasteiger partial charge in [0.15, 0.2) is 0 Å². The Kier molecular flexibility index (Phi) is 5.33. The van der Waals surface area contributed by atoms with Gasteiger partial charge in [-0.15, -0.1) is 0 Å². The van der Waals surface area contributed by atoms with E-state index in [2.05, 4.69) is 31.2 Å². The number of hydrogen-bond acceptors (Lipinski definition) is 1. The van der Waals surface area contributed by atoms with Crippen molar-refractivity contribution >= 4 is 0 Å². The second kappa shape index (κ2) is 6.57. The number of hydrogen-bond donors (Lipinski definition) is 1. The van der Waals surface area contributed by atoms with Crippen molar-refractivity contribution in [3.63, 3.8) is 0 Å². The van der Waals surface area contributed by atoms with Crippen LogP contribution >= 0.6 is 0 Å². The third-order valence-electron chi connectivity index (χ3n) is 2.54. The maximum Gasteiger partial charge on any atom is 0.105 e. The molecule has 0 saturated carbocycles. The Morgan fingerprint density at radius 3 is 2.33 bits per heavy atom. The molecular formula is C13H20FN. The second-order valence-corrected chi connectivity index (χ2v) is 4.04. The molecule has 0 bridgehead atoms. The molecule has 84 valence electrons. The number of alkyl halides is 1. The van der Waals surface area contributed by atoms with Crippen LogP contribution in [0.2, 0.25) is 0 Å². The fourth-order valence-electron chi connectivity index (χ4n) is 1.58. The highest BCUT2D eigenvalue weighted by atomic mass is 19.1. The van der Waals surface area contributed by atoms with Crippen LogP contribution in [0.15, 0.2) is 24.3 Å². The molecule has 0 aliphatic rings. The van der Waals surface area contributed by atoms with Gasteiger partial charge in [-0.25, -0.2) is 4.39 Å². The van der Waals surface area contributed by atoms with E-state index < -0.39 is 6.67 Å². The predicted molar refractivity (Wildman–Crippen MR) is 62.7 cm³/mol. The van der Waals surface area contributed by atoms with E-state index in [1.54, 1.807) is 0 Å². The van der Waals surface area contributed by atoms with Crippen LogP contribution in [0.3, 0.4) is 0 Å². The minimum atomic E-state index is -0.447. The minimum absolute atomic E-state index is 0.355. The van der Waals surface area contributed by atoms with Crippen LogP contribution in [0.5, 0.6) is 0 Å². The molecule has 1 unspecified atom stereocenters. The highest BCUT2D eigenvalue weighted by Crippen LogP contribution is 2.09. The van der Waals surface area contributed by atoms with Crippen molar-refractivity contribution in [3.8, 4) is 0 Å². The summed E-state index contributed by atoms with van der Waals surface area (Å²) >= 11 is 0. The average Bonchev–Trinajstić information content (AvgIpc) is 2.28. The number of aryl methyl sites for hydroxylation is 1. The Balaban J connectivity index is 2.48. The molecule has 2 heteroatoms. The second-order valence-electron chi connectivity index (χ2n) is 4.04. The first-order valence-corrected chi connectivity index (χ1v) is 5.65. The SMILES string of the molecule is CCCCc1ccc(CC(N)CF)cc1. The Bertz CT molecular complexity index is 268. The largest absolute Gasteiger partial charge is 0.325 e. The van der Waals surface area contributed by atoms with E-state index in [4.69, 9.17) is 5.73 Å². The van der Waals surface area contributed by atoms with Gasteiger partial charge < -0.3 is 5.73 Å². The van der Waals surface area contributed by atoms with E-state index in [0.29, 0.717) is 6.42 Å². The van der Waals surface area contributed by atoms with Crippen LogP contribution in [0.4, 0.5) is 4.39 Å².